The molecule has 6 nitrogen and oxygen atoms in total. The minimum Gasteiger partial charge on any atom is -0.491 e. The van der Waals surface area contributed by atoms with Gasteiger partial charge in [-0.2, -0.15) is 27.8 Å². The first-order chi connectivity index (χ1) is 11.7. The number of halogens is 3. The number of aromatic nitrogens is 4. The lowest BCUT2D eigenvalue weighted by Gasteiger charge is -2.15. The summed E-state index contributed by atoms with van der Waals surface area (Å²) < 4.78 is 45.9. The molecule has 2 heterocycles. The number of hydrogen-bond donors (Lipinski definition) is 1. The van der Waals surface area contributed by atoms with Crippen LogP contribution in [0.1, 0.15) is 25.1 Å². The van der Waals surface area contributed by atoms with Crippen molar-refractivity contribution in [3.63, 3.8) is 0 Å². The maximum atomic E-state index is 13.0. The first kappa shape index (κ1) is 17.0. The molecule has 0 aliphatic carbocycles. The van der Waals surface area contributed by atoms with Crippen molar-refractivity contribution in [2.24, 2.45) is 0 Å². The maximum absolute atomic E-state index is 13.0. The maximum Gasteiger partial charge on any atom is 0.433 e. The Balaban J connectivity index is 1.97. The molecule has 1 N–H and O–H groups in total. The summed E-state index contributed by atoms with van der Waals surface area (Å²) in [6.07, 6.45) is -3.39. The molecule has 25 heavy (non-hydrogen) atoms. The molecule has 0 atom stereocenters. The number of alkyl halides is 3. The Bertz CT molecular complexity index is 904. The van der Waals surface area contributed by atoms with E-state index in [0.29, 0.717) is 5.69 Å². The van der Waals surface area contributed by atoms with Crippen LogP contribution in [0.2, 0.25) is 0 Å². The van der Waals surface area contributed by atoms with Crippen LogP contribution in [0, 0.1) is 6.92 Å². The van der Waals surface area contributed by atoms with Crippen LogP contribution in [0.3, 0.4) is 0 Å². The number of rotatable bonds is 4. The zero-order valence-corrected chi connectivity index (χ0v) is 13.8. The van der Waals surface area contributed by atoms with E-state index in [1.165, 1.54) is 4.52 Å². The predicted molar refractivity (Wildman–Crippen MR) is 86.0 cm³/mol. The first-order valence-corrected chi connectivity index (χ1v) is 7.56. The summed E-state index contributed by atoms with van der Waals surface area (Å²) in [7, 11) is 0. The number of benzene rings is 1. The van der Waals surface area contributed by atoms with Gasteiger partial charge in [0.05, 0.1) is 6.10 Å². The second-order valence-corrected chi connectivity index (χ2v) is 5.77. The molecule has 0 saturated carbocycles. The van der Waals surface area contributed by atoms with Gasteiger partial charge in [-0.1, -0.05) is 0 Å². The van der Waals surface area contributed by atoms with Crippen LogP contribution in [0.5, 0.6) is 5.75 Å². The summed E-state index contributed by atoms with van der Waals surface area (Å²) in [5, 5.41) is 6.84. The van der Waals surface area contributed by atoms with E-state index < -0.39 is 11.9 Å². The fraction of sp³-hybridized carbons (Fsp3) is 0.312. The van der Waals surface area contributed by atoms with Gasteiger partial charge in [0, 0.05) is 11.8 Å². The summed E-state index contributed by atoms with van der Waals surface area (Å²) in [6.45, 7) is 5.70. The molecular formula is C16H16F3N5O. The molecule has 0 radical (unpaired) electrons. The van der Waals surface area contributed by atoms with E-state index in [1.54, 1.807) is 18.2 Å². The lowest BCUT2D eigenvalue weighted by Crippen LogP contribution is -2.12. The number of ether oxygens (including phenoxy) is 1. The van der Waals surface area contributed by atoms with Crippen LogP contribution in [0.25, 0.3) is 5.78 Å². The number of fused-ring (bicyclic) bond motifs is 1. The highest BCUT2D eigenvalue weighted by molar-refractivity contribution is 5.61. The Morgan fingerprint density at radius 3 is 2.60 bits per heavy atom. The molecule has 0 aliphatic rings. The zero-order valence-electron chi connectivity index (χ0n) is 13.8. The Labute approximate surface area is 141 Å². The number of anilines is 2. The topological polar surface area (TPSA) is 64.3 Å². The third kappa shape index (κ3) is 3.65. The fourth-order valence-corrected chi connectivity index (χ4v) is 2.31. The lowest BCUT2D eigenvalue weighted by atomic mass is 10.2. The van der Waals surface area contributed by atoms with Crippen molar-refractivity contribution in [3.8, 4) is 5.75 Å². The molecule has 2 aromatic heterocycles. The van der Waals surface area contributed by atoms with Crippen LogP contribution in [0.4, 0.5) is 24.7 Å². The van der Waals surface area contributed by atoms with E-state index in [-0.39, 0.29) is 17.7 Å². The first-order valence-electron chi connectivity index (χ1n) is 7.56. The Morgan fingerprint density at radius 1 is 1.20 bits per heavy atom. The van der Waals surface area contributed by atoms with Gasteiger partial charge in [0.15, 0.2) is 5.69 Å². The quantitative estimate of drug-likeness (QED) is 0.770. The lowest BCUT2D eigenvalue weighted by molar-refractivity contribution is -0.141. The van der Waals surface area contributed by atoms with Crippen molar-refractivity contribution in [1.82, 2.24) is 19.6 Å². The van der Waals surface area contributed by atoms with E-state index in [0.717, 1.165) is 23.7 Å². The molecule has 3 aromatic rings. The molecule has 3 rings (SSSR count). The standard InChI is InChI=1S/C16H16F3N5O/c1-9(2)25-12-5-4-11(6-10(12)3)22-14-7-13(16(17,18)19)23-15-20-8-21-24(14)15/h4-9,22H,1-3H3. The molecule has 9 heteroatoms. The normalized spacial score (nSPS) is 12.0. The van der Waals surface area contributed by atoms with Crippen molar-refractivity contribution >= 4 is 17.3 Å². The molecule has 0 saturated heterocycles. The van der Waals surface area contributed by atoms with E-state index in [9.17, 15) is 13.2 Å². The van der Waals surface area contributed by atoms with Gasteiger partial charge in [-0.3, -0.25) is 0 Å². The number of nitrogens with one attached hydrogen (secondary N) is 1. The Kier molecular flexibility index (Phi) is 4.23. The van der Waals surface area contributed by atoms with Gasteiger partial charge in [-0.25, -0.2) is 4.98 Å². The van der Waals surface area contributed by atoms with Gasteiger partial charge in [0.2, 0.25) is 0 Å². The summed E-state index contributed by atoms with van der Waals surface area (Å²) in [5.41, 5.74) is 0.426. The molecule has 0 bridgehead atoms. The highest BCUT2D eigenvalue weighted by Gasteiger charge is 2.34. The Hall–Kier alpha value is -2.84. The SMILES string of the molecule is Cc1cc(Nc2cc(C(F)(F)F)nc3ncnn23)ccc1OC(C)C. The Morgan fingerprint density at radius 2 is 1.96 bits per heavy atom. The van der Waals surface area contributed by atoms with Gasteiger partial charge in [-0.05, 0) is 44.5 Å². The molecule has 0 amide bonds. The second kappa shape index (κ2) is 6.23. The molecule has 132 valence electrons. The van der Waals surface area contributed by atoms with Crippen LogP contribution in [-0.2, 0) is 6.18 Å². The van der Waals surface area contributed by atoms with Crippen LogP contribution in [0.15, 0.2) is 30.6 Å². The summed E-state index contributed by atoms with van der Waals surface area (Å²) in [5.74, 6) is 0.706. The molecule has 0 unspecified atom stereocenters. The third-order valence-electron chi connectivity index (χ3n) is 3.35. The highest BCUT2D eigenvalue weighted by Crippen LogP contribution is 2.31. The van der Waals surface area contributed by atoms with Crippen molar-refractivity contribution in [2.75, 3.05) is 5.32 Å². The number of hydrogen-bond acceptors (Lipinski definition) is 5. The van der Waals surface area contributed by atoms with Crippen molar-refractivity contribution in [3.05, 3.63) is 41.9 Å². The van der Waals surface area contributed by atoms with Gasteiger partial charge in [-0.15, -0.1) is 0 Å². The fourth-order valence-electron chi connectivity index (χ4n) is 2.31. The van der Waals surface area contributed by atoms with Crippen molar-refractivity contribution in [1.29, 1.82) is 0 Å². The minimum absolute atomic E-state index is 0.0295. The van der Waals surface area contributed by atoms with E-state index in [1.807, 2.05) is 20.8 Å². The highest BCUT2D eigenvalue weighted by atomic mass is 19.4. The number of aryl methyl sites for hydroxylation is 1. The van der Waals surface area contributed by atoms with Gasteiger partial charge in [0.1, 0.15) is 17.9 Å². The largest absolute Gasteiger partial charge is 0.491 e. The van der Waals surface area contributed by atoms with Gasteiger partial charge >= 0.3 is 6.18 Å². The molecular weight excluding hydrogens is 335 g/mol. The summed E-state index contributed by atoms with van der Waals surface area (Å²) in [4.78, 5) is 7.22. The zero-order chi connectivity index (χ0) is 18.2. The second-order valence-electron chi connectivity index (χ2n) is 5.77. The average Bonchev–Trinajstić information content (AvgIpc) is 2.97. The summed E-state index contributed by atoms with van der Waals surface area (Å²) >= 11 is 0. The predicted octanol–water partition coefficient (Wildman–Crippen LogP) is 3.98. The van der Waals surface area contributed by atoms with E-state index in [2.05, 4.69) is 20.4 Å². The molecule has 0 spiro atoms. The van der Waals surface area contributed by atoms with E-state index >= 15 is 0 Å². The van der Waals surface area contributed by atoms with Crippen molar-refractivity contribution in [2.45, 2.75) is 33.1 Å². The van der Waals surface area contributed by atoms with Gasteiger partial charge in [0.25, 0.3) is 5.78 Å². The number of nitrogens with zero attached hydrogens (tertiary/aromatic N) is 4. The van der Waals surface area contributed by atoms with Gasteiger partial charge < -0.3 is 10.1 Å². The van der Waals surface area contributed by atoms with Crippen LogP contribution >= 0.6 is 0 Å². The average molecular weight is 351 g/mol. The third-order valence-corrected chi connectivity index (χ3v) is 3.35. The van der Waals surface area contributed by atoms with E-state index in [4.69, 9.17) is 4.74 Å². The smallest absolute Gasteiger partial charge is 0.433 e. The van der Waals surface area contributed by atoms with Crippen molar-refractivity contribution < 1.29 is 17.9 Å². The monoisotopic (exact) mass is 351 g/mol. The molecule has 0 aliphatic heterocycles. The minimum atomic E-state index is -4.57. The summed E-state index contributed by atoms with van der Waals surface area (Å²) in [6, 6.07) is 6.17. The molecule has 0 fully saturated rings. The van der Waals surface area contributed by atoms with Crippen LogP contribution < -0.4 is 10.1 Å². The molecule has 1 aromatic carbocycles. The van der Waals surface area contributed by atoms with Crippen LogP contribution in [-0.4, -0.2) is 25.7 Å².